The van der Waals surface area contributed by atoms with E-state index in [0.717, 1.165) is 10.9 Å². The van der Waals surface area contributed by atoms with Crippen LogP contribution < -0.4 is 5.32 Å². The first-order chi connectivity index (χ1) is 13.1. The highest BCUT2D eigenvalue weighted by molar-refractivity contribution is 6.05. The summed E-state index contributed by atoms with van der Waals surface area (Å²) in [6.45, 7) is 4.10. The summed E-state index contributed by atoms with van der Waals surface area (Å²) >= 11 is 0. The predicted molar refractivity (Wildman–Crippen MR) is 103 cm³/mol. The maximum absolute atomic E-state index is 12.6. The van der Waals surface area contributed by atoms with Gasteiger partial charge in [0.1, 0.15) is 17.8 Å². The van der Waals surface area contributed by atoms with Crippen LogP contribution in [-0.4, -0.2) is 30.6 Å². The van der Waals surface area contributed by atoms with Crippen LogP contribution in [0.15, 0.2) is 61.1 Å². The molecule has 3 aromatic heterocycles. The molecule has 0 saturated heterocycles. The average molecular weight is 358 g/mol. The number of fused-ring (bicyclic) bond motifs is 1. The largest absolute Gasteiger partial charge is 0.310 e. The fourth-order valence-corrected chi connectivity index (χ4v) is 2.83. The molecule has 0 aliphatic rings. The summed E-state index contributed by atoms with van der Waals surface area (Å²) in [5, 5.41) is 11.9. The number of pyridine rings is 2. The van der Waals surface area contributed by atoms with E-state index in [4.69, 9.17) is 0 Å². The van der Waals surface area contributed by atoms with E-state index >= 15 is 0 Å². The Morgan fingerprint density at radius 3 is 2.85 bits per heavy atom. The van der Waals surface area contributed by atoms with E-state index in [2.05, 4.69) is 25.5 Å². The third-order valence-electron chi connectivity index (χ3n) is 4.22. The molecule has 3 heterocycles. The van der Waals surface area contributed by atoms with Crippen molar-refractivity contribution in [3.05, 3.63) is 66.6 Å². The summed E-state index contributed by atoms with van der Waals surface area (Å²) in [6, 6.07) is 14.9. The quantitative estimate of drug-likeness (QED) is 0.601. The number of nitrogens with one attached hydrogen (secondary N) is 1. The van der Waals surface area contributed by atoms with E-state index in [1.807, 2.05) is 48.7 Å². The highest BCUT2D eigenvalue weighted by Crippen LogP contribution is 2.20. The number of carbonyl (C=O) groups excluding carboxylic acids is 1. The molecule has 27 heavy (non-hydrogen) atoms. The molecule has 4 aromatic rings. The smallest absolute Gasteiger partial charge is 0.256 e. The lowest BCUT2D eigenvalue weighted by atomic mass is 10.1. The third-order valence-corrected chi connectivity index (χ3v) is 4.22. The number of aromatic nitrogens is 5. The summed E-state index contributed by atoms with van der Waals surface area (Å²) in [5.74, 6) is 0.880. The Kier molecular flexibility index (Phi) is 4.33. The summed E-state index contributed by atoms with van der Waals surface area (Å²) < 4.78 is 1.93. The van der Waals surface area contributed by atoms with E-state index in [1.165, 1.54) is 0 Å². The van der Waals surface area contributed by atoms with Crippen molar-refractivity contribution < 1.29 is 4.79 Å². The number of carbonyl (C=O) groups is 1. The molecule has 7 nitrogen and oxygen atoms in total. The van der Waals surface area contributed by atoms with Crippen molar-refractivity contribution in [2.45, 2.75) is 19.9 Å². The molecular formula is C20H18N6O. The van der Waals surface area contributed by atoms with Gasteiger partial charge in [-0.2, -0.15) is 0 Å². The number of nitrogens with zero attached hydrogens (tertiary/aromatic N) is 5. The van der Waals surface area contributed by atoms with Gasteiger partial charge < -0.3 is 9.88 Å². The molecular weight excluding hydrogens is 340 g/mol. The van der Waals surface area contributed by atoms with Gasteiger partial charge in [0.05, 0.1) is 5.52 Å². The van der Waals surface area contributed by atoms with Crippen LogP contribution in [-0.2, 0) is 0 Å². The van der Waals surface area contributed by atoms with Crippen molar-refractivity contribution in [2.24, 2.45) is 0 Å². The van der Waals surface area contributed by atoms with Crippen molar-refractivity contribution in [2.75, 3.05) is 5.32 Å². The number of anilines is 1. The van der Waals surface area contributed by atoms with Crippen molar-refractivity contribution >= 4 is 22.6 Å². The Bertz CT molecular complexity index is 1120. The molecule has 4 rings (SSSR count). The Balaban J connectivity index is 1.60. The van der Waals surface area contributed by atoms with E-state index in [-0.39, 0.29) is 11.9 Å². The minimum atomic E-state index is -0.238. The maximum atomic E-state index is 12.6. The van der Waals surface area contributed by atoms with Gasteiger partial charge in [-0.25, -0.2) is 4.98 Å². The molecule has 0 saturated carbocycles. The molecule has 134 valence electrons. The van der Waals surface area contributed by atoms with Crippen LogP contribution in [0.25, 0.3) is 22.4 Å². The standard InChI is InChI=1S/C20H18N6O/c1-13(2)26-12-22-25-19(26)16-6-3-7-18(23-16)24-20(27)15-9-8-14-5-4-10-21-17(14)11-15/h3-13H,1-2H3,(H,23,24,27). The number of hydrogen-bond acceptors (Lipinski definition) is 5. The summed E-state index contributed by atoms with van der Waals surface area (Å²) in [5.41, 5.74) is 1.95. The van der Waals surface area contributed by atoms with Gasteiger partial charge in [-0.15, -0.1) is 10.2 Å². The first kappa shape index (κ1) is 16.8. The zero-order valence-corrected chi connectivity index (χ0v) is 15.0. The van der Waals surface area contributed by atoms with Crippen LogP contribution in [0.3, 0.4) is 0 Å². The second-order valence-corrected chi connectivity index (χ2v) is 6.43. The predicted octanol–water partition coefficient (Wildman–Crippen LogP) is 3.72. The lowest BCUT2D eigenvalue weighted by molar-refractivity contribution is 0.102. The van der Waals surface area contributed by atoms with Gasteiger partial charge in [-0.05, 0) is 44.2 Å². The van der Waals surface area contributed by atoms with Crippen LogP contribution in [0.1, 0.15) is 30.2 Å². The minimum absolute atomic E-state index is 0.208. The molecule has 1 N–H and O–H groups in total. The van der Waals surface area contributed by atoms with E-state index in [1.54, 1.807) is 30.7 Å². The number of amides is 1. The zero-order valence-electron chi connectivity index (χ0n) is 15.0. The van der Waals surface area contributed by atoms with Gasteiger partial charge in [-0.3, -0.25) is 9.78 Å². The third kappa shape index (κ3) is 3.39. The first-order valence-electron chi connectivity index (χ1n) is 8.65. The van der Waals surface area contributed by atoms with E-state index in [0.29, 0.717) is 22.9 Å². The van der Waals surface area contributed by atoms with Crippen LogP contribution in [0.2, 0.25) is 0 Å². The van der Waals surface area contributed by atoms with E-state index < -0.39 is 0 Å². The molecule has 0 radical (unpaired) electrons. The molecule has 7 heteroatoms. The van der Waals surface area contributed by atoms with Gasteiger partial charge in [0, 0.05) is 23.2 Å². The van der Waals surface area contributed by atoms with Crippen LogP contribution in [0, 0.1) is 0 Å². The van der Waals surface area contributed by atoms with Crippen molar-refractivity contribution in [1.29, 1.82) is 0 Å². The molecule has 0 atom stereocenters. The van der Waals surface area contributed by atoms with Crippen molar-refractivity contribution in [3.8, 4) is 11.5 Å². The van der Waals surface area contributed by atoms with Crippen molar-refractivity contribution in [1.82, 2.24) is 24.7 Å². The average Bonchev–Trinajstić information content (AvgIpc) is 3.18. The Labute approximate surface area is 156 Å². The normalized spacial score (nSPS) is 11.1. The monoisotopic (exact) mass is 358 g/mol. The SMILES string of the molecule is CC(C)n1cnnc1-c1cccc(NC(=O)c2ccc3cccnc3c2)n1. The molecule has 0 spiro atoms. The number of rotatable bonds is 4. The molecule has 0 bridgehead atoms. The maximum Gasteiger partial charge on any atom is 0.256 e. The van der Waals surface area contributed by atoms with Gasteiger partial charge in [-0.1, -0.05) is 18.2 Å². The number of hydrogen-bond donors (Lipinski definition) is 1. The fraction of sp³-hybridized carbons (Fsp3) is 0.150. The molecule has 0 fully saturated rings. The fourth-order valence-electron chi connectivity index (χ4n) is 2.83. The second kappa shape index (κ2) is 6.95. The molecule has 1 aromatic carbocycles. The molecule has 0 aliphatic heterocycles. The lowest BCUT2D eigenvalue weighted by Gasteiger charge is -2.10. The Hall–Kier alpha value is -3.61. The molecule has 0 unspecified atom stereocenters. The highest BCUT2D eigenvalue weighted by atomic mass is 16.1. The molecule has 1 amide bonds. The summed E-state index contributed by atoms with van der Waals surface area (Å²) in [6.07, 6.45) is 3.38. The van der Waals surface area contributed by atoms with Gasteiger partial charge in [0.2, 0.25) is 0 Å². The Morgan fingerprint density at radius 1 is 1.11 bits per heavy atom. The van der Waals surface area contributed by atoms with Crippen LogP contribution >= 0.6 is 0 Å². The second-order valence-electron chi connectivity index (χ2n) is 6.43. The van der Waals surface area contributed by atoms with Crippen LogP contribution in [0.5, 0.6) is 0 Å². The minimum Gasteiger partial charge on any atom is -0.310 e. The Morgan fingerprint density at radius 2 is 2.00 bits per heavy atom. The zero-order chi connectivity index (χ0) is 18.8. The summed E-state index contributed by atoms with van der Waals surface area (Å²) in [4.78, 5) is 21.4. The van der Waals surface area contributed by atoms with Gasteiger partial charge >= 0.3 is 0 Å². The first-order valence-corrected chi connectivity index (χ1v) is 8.65. The van der Waals surface area contributed by atoms with Gasteiger partial charge in [0.15, 0.2) is 5.82 Å². The van der Waals surface area contributed by atoms with Crippen molar-refractivity contribution in [3.63, 3.8) is 0 Å². The van der Waals surface area contributed by atoms with Crippen LogP contribution in [0.4, 0.5) is 5.82 Å². The highest BCUT2D eigenvalue weighted by Gasteiger charge is 2.13. The number of benzene rings is 1. The molecule has 0 aliphatic carbocycles. The summed E-state index contributed by atoms with van der Waals surface area (Å²) in [7, 11) is 0. The lowest BCUT2D eigenvalue weighted by Crippen LogP contribution is -2.13. The van der Waals surface area contributed by atoms with E-state index in [9.17, 15) is 4.79 Å². The topological polar surface area (TPSA) is 85.6 Å². The van der Waals surface area contributed by atoms with Gasteiger partial charge in [0.25, 0.3) is 5.91 Å².